The third kappa shape index (κ3) is 4.70. The van der Waals surface area contributed by atoms with Gasteiger partial charge in [-0.25, -0.2) is 14.6 Å². The Kier molecular flexibility index (Phi) is 6.32. The molecule has 0 spiro atoms. The number of rotatable bonds is 6. The molecule has 1 aromatic heterocycles. The number of amides is 1. The van der Waals surface area contributed by atoms with Gasteiger partial charge in [-0.3, -0.25) is 4.84 Å². The van der Waals surface area contributed by atoms with E-state index in [2.05, 4.69) is 20.9 Å². The predicted molar refractivity (Wildman–Crippen MR) is 100 cm³/mol. The first-order chi connectivity index (χ1) is 13.4. The first kappa shape index (κ1) is 20.3. The smallest absolute Gasteiger partial charge is 0.434 e. The highest BCUT2D eigenvalue weighted by Crippen LogP contribution is 2.34. The van der Waals surface area contributed by atoms with Gasteiger partial charge in [0.1, 0.15) is 29.2 Å². The number of nitrogens with zero attached hydrogens (tertiary/aromatic N) is 3. The lowest BCUT2D eigenvalue weighted by Gasteiger charge is -2.40. The van der Waals surface area contributed by atoms with Crippen LogP contribution in [0, 0.1) is 0 Å². The number of carbonyl (C=O) groups excluding carboxylic acids is 1. The number of halogens is 1. The molecule has 1 N–H and O–H groups in total. The topological polar surface area (TPSA) is 103 Å². The molecular weight excluding hydrogens is 434 g/mol. The molecule has 1 fully saturated rings. The largest absolute Gasteiger partial charge is 0.480 e. The predicted octanol–water partition coefficient (Wildman–Crippen LogP) is 2.45. The van der Waals surface area contributed by atoms with Crippen LogP contribution in [0.3, 0.4) is 0 Å². The maximum absolute atomic E-state index is 12.5. The fourth-order valence-electron chi connectivity index (χ4n) is 3.00. The van der Waals surface area contributed by atoms with Crippen molar-refractivity contribution in [2.75, 3.05) is 19.8 Å². The number of hydroxylamine groups is 2. The van der Waals surface area contributed by atoms with Gasteiger partial charge in [-0.2, -0.15) is 5.06 Å². The molecule has 1 unspecified atom stereocenters. The van der Waals surface area contributed by atoms with Crippen molar-refractivity contribution in [2.24, 2.45) is 7.05 Å². The van der Waals surface area contributed by atoms with Crippen molar-refractivity contribution in [1.29, 1.82) is 0 Å². The summed E-state index contributed by atoms with van der Waals surface area (Å²) < 4.78 is 13.3. The van der Waals surface area contributed by atoms with E-state index < -0.39 is 24.3 Å². The highest BCUT2D eigenvalue weighted by molar-refractivity contribution is 9.10. The molecule has 0 bridgehead atoms. The van der Waals surface area contributed by atoms with Crippen LogP contribution < -0.4 is 0 Å². The lowest BCUT2D eigenvalue weighted by molar-refractivity contribution is -0.233. The molecule has 1 saturated heterocycles. The molecule has 2 aromatic rings. The number of carboxylic acids is 1. The highest BCUT2D eigenvalue weighted by Gasteiger charge is 2.45. The van der Waals surface area contributed by atoms with E-state index in [-0.39, 0.29) is 19.8 Å². The molecule has 1 aromatic carbocycles. The van der Waals surface area contributed by atoms with Crippen LogP contribution in [0.15, 0.2) is 41.1 Å². The molecule has 2 heterocycles. The Morgan fingerprint density at radius 1 is 1.36 bits per heavy atom. The summed E-state index contributed by atoms with van der Waals surface area (Å²) in [5, 5.41) is 10.1. The molecule has 1 amide bonds. The standard InChI is InChI=1S/C18H20BrN3O6/c1-21-9-14(19)20-16(21)18(27-11-15(23)24)7-8-28-22(12-18)17(25)26-10-13-5-3-2-4-6-13/h2-6,9H,7-8,10-12H2,1H3,(H,23,24). The van der Waals surface area contributed by atoms with Crippen LogP contribution in [-0.4, -0.2) is 51.5 Å². The van der Waals surface area contributed by atoms with Crippen LogP contribution in [0.4, 0.5) is 4.79 Å². The fraction of sp³-hybridized carbons (Fsp3) is 0.389. The Morgan fingerprint density at radius 3 is 2.75 bits per heavy atom. The number of aryl methyl sites for hydroxylation is 1. The van der Waals surface area contributed by atoms with Crippen molar-refractivity contribution in [3.63, 3.8) is 0 Å². The summed E-state index contributed by atoms with van der Waals surface area (Å²) >= 11 is 3.31. The number of imidazole rings is 1. The summed E-state index contributed by atoms with van der Waals surface area (Å²) in [6, 6.07) is 9.26. The molecule has 150 valence electrons. The van der Waals surface area contributed by atoms with E-state index in [4.69, 9.17) is 19.4 Å². The maximum Gasteiger partial charge on any atom is 0.434 e. The number of aromatic nitrogens is 2. The van der Waals surface area contributed by atoms with Gasteiger partial charge < -0.3 is 19.1 Å². The number of hydrogen-bond donors (Lipinski definition) is 1. The van der Waals surface area contributed by atoms with E-state index in [1.807, 2.05) is 30.3 Å². The van der Waals surface area contributed by atoms with Crippen LogP contribution in [0.2, 0.25) is 0 Å². The van der Waals surface area contributed by atoms with Crippen LogP contribution in [0.1, 0.15) is 17.8 Å². The van der Waals surface area contributed by atoms with Crippen molar-refractivity contribution in [1.82, 2.24) is 14.6 Å². The lowest BCUT2D eigenvalue weighted by Crippen LogP contribution is -2.52. The average Bonchev–Trinajstić information content (AvgIpc) is 3.04. The van der Waals surface area contributed by atoms with Crippen molar-refractivity contribution >= 4 is 28.0 Å². The van der Waals surface area contributed by atoms with Gasteiger partial charge in [0, 0.05) is 19.7 Å². The minimum absolute atomic E-state index is 0.0504. The van der Waals surface area contributed by atoms with Gasteiger partial charge in [0.2, 0.25) is 0 Å². The summed E-state index contributed by atoms with van der Waals surface area (Å²) in [4.78, 5) is 33.4. The van der Waals surface area contributed by atoms with Crippen LogP contribution in [0.5, 0.6) is 0 Å². The fourth-order valence-corrected chi connectivity index (χ4v) is 3.48. The molecule has 9 nitrogen and oxygen atoms in total. The van der Waals surface area contributed by atoms with Crippen LogP contribution >= 0.6 is 15.9 Å². The van der Waals surface area contributed by atoms with Gasteiger partial charge in [0.05, 0.1) is 13.2 Å². The number of carboxylic acid groups (broad SMARTS) is 1. The molecule has 3 rings (SSSR count). The second kappa shape index (κ2) is 8.72. The Bertz CT molecular complexity index is 843. The van der Waals surface area contributed by atoms with Crippen molar-refractivity contribution < 1.29 is 29.0 Å². The minimum Gasteiger partial charge on any atom is -0.480 e. The van der Waals surface area contributed by atoms with Crippen molar-refractivity contribution in [2.45, 2.75) is 18.6 Å². The zero-order valence-electron chi connectivity index (χ0n) is 15.2. The summed E-state index contributed by atoms with van der Waals surface area (Å²) in [5.41, 5.74) is -0.294. The number of ether oxygens (including phenoxy) is 2. The first-order valence-corrected chi connectivity index (χ1v) is 9.35. The van der Waals surface area contributed by atoms with E-state index >= 15 is 0 Å². The SMILES string of the molecule is Cn1cc(Br)nc1C1(OCC(=O)O)CCON(C(=O)OCc2ccccc2)C1. The van der Waals surface area contributed by atoms with E-state index in [9.17, 15) is 9.59 Å². The van der Waals surface area contributed by atoms with E-state index in [1.54, 1.807) is 17.8 Å². The average molecular weight is 454 g/mol. The number of benzene rings is 1. The monoisotopic (exact) mass is 453 g/mol. The Balaban J connectivity index is 1.76. The zero-order valence-corrected chi connectivity index (χ0v) is 16.8. The molecule has 28 heavy (non-hydrogen) atoms. The van der Waals surface area contributed by atoms with Crippen LogP contribution in [-0.2, 0) is 38.4 Å². The normalized spacial score (nSPS) is 19.4. The van der Waals surface area contributed by atoms with Gasteiger partial charge in [-0.1, -0.05) is 30.3 Å². The summed E-state index contributed by atoms with van der Waals surface area (Å²) in [6.07, 6.45) is 1.38. The second-order valence-electron chi connectivity index (χ2n) is 6.33. The molecule has 0 radical (unpaired) electrons. The maximum atomic E-state index is 12.5. The first-order valence-electron chi connectivity index (χ1n) is 8.56. The van der Waals surface area contributed by atoms with Gasteiger partial charge in [0.25, 0.3) is 0 Å². The lowest BCUT2D eigenvalue weighted by atomic mass is 9.97. The third-order valence-electron chi connectivity index (χ3n) is 4.29. The van der Waals surface area contributed by atoms with Crippen molar-refractivity contribution in [3.05, 3.63) is 52.5 Å². The van der Waals surface area contributed by atoms with Crippen molar-refractivity contribution in [3.8, 4) is 0 Å². The highest BCUT2D eigenvalue weighted by atomic mass is 79.9. The minimum atomic E-state index is -1.14. The molecule has 1 aliphatic rings. The molecular formula is C18H20BrN3O6. The van der Waals surface area contributed by atoms with Gasteiger partial charge >= 0.3 is 12.1 Å². The quantitative estimate of drug-likeness (QED) is 0.715. The van der Waals surface area contributed by atoms with Gasteiger partial charge in [-0.05, 0) is 21.5 Å². The van der Waals surface area contributed by atoms with Gasteiger partial charge in [0.15, 0.2) is 0 Å². The molecule has 1 atom stereocenters. The van der Waals surface area contributed by atoms with Crippen LogP contribution in [0.25, 0.3) is 0 Å². The van der Waals surface area contributed by atoms with E-state index in [0.717, 1.165) is 10.6 Å². The zero-order chi connectivity index (χ0) is 20.1. The second-order valence-corrected chi connectivity index (χ2v) is 7.15. The molecule has 10 heteroatoms. The van der Waals surface area contributed by atoms with E-state index in [1.165, 1.54) is 0 Å². The number of hydrogen-bond acceptors (Lipinski definition) is 6. The summed E-state index contributed by atoms with van der Waals surface area (Å²) in [6.45, 7) is -0.344. The Labute approximate surface area is 169 Å². The Hall–Kier alpha value is -2.43. The molecule has 0 aliphatic carbocycles. The number of aliphatic carboxylic acids is 1. The summed E-state index contributed by atoms with van der Waals surface area (Å²) in [7, 11) is 1.77. The van der Waals surface area contributed by atoms with Gasteiger partial charge in [-0.15, -0.1) is 0 Å². The summed E-state index contributed by atoms with van der Waals surface area (Å²) in [5.74, 6) is -0.623. The molecule has 0 saturated carbocycles. The van der Waals surface area contributed by atoms with E-state index in [0.29, 0.717) is 16.8 Å². The Morgan fingerprint density at radius 2 is 2.11 bits per heavy atom. The number of carbonyl (C=O) groups is 2. The third-order valence-corrected chi connectivity index (χ3v) is 4.67. The molecule has 1 aliphatic heterocycles.